The van der Waals surface area contributed by atoms with Crippen LogP contribution in [0.4, 0.5) is 0 Å². The Balaban J connectivity index is 1.49. The molecule has 156 valence electrons. The lowest BCUT2D eigenvalue weighted by Gasteiger charge is -2.34. The number of aliphatic hydroxyl groups excluding tert-OH is 1. The van der Waals surface area contributed by atoms with Crippen LogP contribution < -0.4 is 0 Å². The summed E-state index contributed by atoms with van der Waals surface area (Å²) in [5, 5.41) is 9.79. The minimum atomic E-state index is -0.117. The highest BCUT2D eigenvalue weighted by molar-refractivity contribution is 9.10. The van der Waals surface area contributed by atoms with E-state index in [0.717, 1.165) is 49.9 Å². The zero-order valence-corrected chi connectivity index (χ0v) is 18.7. The standard InChI is InChI=1S/C24H31BrN2O2/c1-18-27(17-24(29-18)21-9-5-6-10-22(21)25)23(19-7-3-2-4-8-19)13-16-26-14-11-20(28)12-15-26/h2-10,18,20,23-24,28H,11-17H2,1H3. The maximum absolute atomic E-state index is 9.79. The fraction of sp³-hybridized carbons (Fsp3) is 0.500. The van der Waals surface area contributed by atoms with E-state index in [0.29, 0.717) is 6.04 Å². The molecule has 0 bridgehead atoms. The number of ether oxygens (including phenoxy) is 1. The first-order valence-corrected chi connectivity index (χ1v) is 11.5. The Labute approximate surface area is 182 Å². The maximum atomic E-state index is 9.79. The minimum absolute atomic E-state index is 0.0699. The molecule has 2 saturated heterocycles. The fourth-order valence-corrected chi connectivity index (χ4v) is 5.17. The molecule has 2 aliphatic rings. The molecule has 2 heterocycles. The number of piperidine rings is 1. The van der Waals surface area contributed by atoms with Crippen molar-refractivity contribution in [3.63, 3.8) is 0 Å². The van der Waals surface area contributed by atoms with Crippen molar-refractivity contribution >= 4 is 15.9 Å². The lowest BCUT2D eigenvalue weighted by molar-refractivity contribution is -0.00549. The molecule has 1 N–H and O–H groups in total. The molecular formula is C24H31BrN2O2. The van der Waals surface area contributed by atoms with Gasteiger partial charge in [-0.05, 0) is 49.9 Å². The topological polar surface area (TPSA) is 35.9 Å². The van der Waals surface area contributed by atoms with Gasteiger partial charge in [-0.2, -0.15) is 0 Å². The van der Waals surface area contributed by atoms with Crippen LogP contribution in [0.3, 0.4) is 0 Å². The van der Waals surface area contributed by atoms with Gasteiger partial charge in [-0.25, -0.2) is 0 Å². The van der Waals surface area contributed by atoms with Gasteiger partial charge in [-0.3, -0.25) is 4.90 Å². The largest absolute Gasteiger partial charge is 0.393 e. The molecule has 3 atom stereocenters. The zero-order valence-electron chi connectivity index (χ0n) is 17.1. The van der Waals surface area contributed by atoms with E-state index < -0.39 is 0 Å². The van der Waals surface area contributed by atoms with Gasteiger partial charge in [0.1, 0.15) is 6.23 Å². The van der Waals surface area contributed by atoms with Crippen LogP contribution >= 0.6 is 15.9 Å². The first kappa shape index (κ1) is 21.0. The van der Waals surface area contributed by atoms with Crippen LogP contribution in [0, 0.1) is 0 Å². The molecule has 4 rings (SSSR count). The molecule has 29 heavy (non-hydrogen) atoms. The van der Waals surface area contributed by atoms with E-state index in [4.69, 9.17) is 4.74 Å². The molecule has 0 aromatic heterocycles. The van der Waals surface area contributed by atoms with E-state index in [9.17, 15) is 5.11 Å². The van der Waals surface area contributed by atoms with Crippen LogP contribution in [0.15, 0.2) is 59.1 Å². The molecule has 2 aromatic carbocycles. The van der Waals surface area contributed by atoms with E-state index >= 15 is 0 Å². The lowest BCUT2D eigenvalue weighted by Crippen LogP contribution is -2.39. The molecule has 3 unspecified atom stereocenters. The van der Waals surface area contributed by atoms with Crippen LogP contribution in [-0.2, 0) is 4.74 Å². The van der Waals surface area contributed by atoms with Gasteiger partial charge in [0.15, 0.2) is 0 Å². The molecule has 2 aromatic rings. The highest BCUT2D eigenvalue weighted by Crippen LogP contribution is 2.38. The lowest BCUT2D eigenvalue weighted by atomic mass is 9.99. The normalized spacial score (nSPS) is 25.3. The maximum Gasteiger partial charge on any atom is 0.109 e. The van der Waals surface area contributed by atoms with E-state index in [1.54, 1.807) is 0 Å². The monoisotopic (exact) mass is 458 g/mol. The number of hydrogen-bond donors (Lipinski definition) is 1. The molecule has 0 radical (unpaired) electrons. The van der Waals surface area contributed by atoms with Gasteiger partial charge in [-0.1, -0.05) is 64.5 Å². The van der Waals surface area contributed by atoms with Crippen molar-refractivity contribution in [2.45, 2.75) is 50.7 Å². The second kappa shape index (κ2) is 9.71. The highest BCUT2D eigenvalue weighted by Gasteiger charge is 2.36. The van der Waals surface area contributed by atoms with Gasteiger partial charge in [0, 0.05) is 30.1 Å². The van der Waals surface area contributed by atoms with E-state index in [-0.39, 0.29) is 18.4 Å². The van der Waals surface area contributed by atoms with Gasteiger partial charge in [0.2, 0.25) is 0 Å². The molecule has 2 aliphatic heterocycles. The summed E-state index contributed by atoms with van der Waals surface area (Å²) in [6, 6.07) is 19.5. The second-order valence-corrected chi connectivity index (χ2v) is 9.08. The average Bonchev–Trinajstić information content (AvgIpc) is 3.12. The van der Waals surface area contributed by atoms with Gasteiger partial charge < -0.3 is 14.7 Å². The minimum Gasteiger partial charge on any atom is -0.393 e. The van der Waals surface area contributed by atoms with Crippen molar-refractivity contribution in [2.75, 3.05) is 26.2 Å². The van der Waals surface area contributed by atoms with E-state index in [2.05, 4.69) is 81.2 Å². The van der Waals surface area contributed by atoms with Crippen LogP contribution in [0.25, 0.3) is 0 Å². The quantitative estimate of drug-likeness (QED) is 0.676. The summed E-state index contributed by atoms with van der Waals surface area (Å²) < 4.78 is 7.51. The molecule has 4 nitrogen and oxygen atoms in total. The molecular weight excluding hydrogens is 428 g/mol. The third-order valence-corrected chi connectivity index (χ3v) is 7.04. The molecule has 0 aliphatic carbocycles. The van der Waals surface area contributed by atoms with Crippen LogP contribution in [0.1, 0.15) is 49.5 Å². The summed E-state index contributed by atoms with van der Waals surface area (Å²) >= 11 is 3.69. The Morgan fingerprint density at radius 3 is 2.48 bits per heavy atom. The Kier molecular flexibility index (Phi) is 7.04. The van der Waals surface area contributed by atoms with Gasteiger partial charge in [0.05, 0.1) is 12.2 Å². The molecule has 0 saturated carbocycles. The predicted octanol–water partition coefficient (Wildman–Crippen LogP) is 4.76. The summed E-state index contributed by atoms with van der Waals surface area (Å²) in [5.41, 5.74) is 2.58. The first-order chi connectivity index (χ1) is 14.1. The molecule has 0 spiro atoms. The third kappa shape index (κ3) is 5.09. The predicted molar refractivity (Wildman–Crippen MR) is 120 cm³/mol. The number of likely N-dealkylation sites (tertiary alicyclic amines) is 1. The van der Waals surface area contributed by atoms with Gasteiger partial charge >= 0.3 is 0 Å². The SMILES string of the molecule is CC1OC(c2ccccc2Br)CN1C(CCN1CCC(O)CC1)c1ccccc1. The summed E-state index contributed by atoms with van der Waals surface area (Å²) in [6.45, 7) is 6.10. The summed E-state index contributed by atoms with van der Waals surface area (Å²) in [6.07, 6.45) is 2.88. The second-order valence-electron chi connectivity index (χ2n) is 8.23. The molecule has 5 heteroatoms. The number of halogens is 1. The van der Waals surface area contributed by atoms with Crippen LogP contribution in [0.5, 0.6) is 0 Å². The highest BCUT2D eigenvalue weighted by atomic mass is 79.9. The number of benzene rings is 2. The van der Waals surface area contributed by atoms with Crippen molar-refractivity contribution in [2.24, 2.45) is 0 Å². The van der Waals surface area contributed by atoms with Gasteiger partial charge in [0.25, 0.3) is 0 Å². The smallest absolute Gasteiger partial charge is 0.109 e. The third-order valence-electron chi connectivity index (χ3n) is 6.32. The van der Waals surface area contributed by atoms with Gasteiger partial charge in [-0.15, -0.1) is 0 Å². The number of aliphatic hydroxyl groups is 1. The number of rotatable bonds is 6. The molecule has 2 fully saturated rings. The van der Waals surface area contributed by atoms with Crippen molar-refractivity contribution in [3.8, 4) is 0 Å². The summed E-state index contributed by atoms with van der Waals surface area (Å²) in [7, 11) is 0. The average molecular weight is 459 g/mol. The van der Waals surface area contributed by atoms with Crippen molar-refractivity contribution < 1.29 is 9.84 Å². The first-order valence-electron chi connectivity index (χ1n) is 10.7. The summed E-state index contributed by atoms with van der Waals surface area (Å²) in [5.74, 6) is 0. The van der Waals surface area contributed by atoms with Crippen molar-refractivity contribution in [1.82, 2.24) is 9.80 Å². The van der Waals surface area contributed by atoms with E-state index in [1.165, 1.54) is 11.1 Å². The Morgan fingerprint density at radius 1 is 1.07 bits per heavy atom. The van der Waals surface area contributed by atoms with Crippen LogP contribution in [0.2, 0.25) is 0 Å². The molecule has 0 amide bonds. The van der Waals surface area contributed by atoms with Crippen molar-refractivity contribution in [3.05, 3.63) is 70.2 Å². The Hall–Kier alpha value is -1.24. The van der Waals surface area contributed by atoms with Crippen LogP contribution in [-0.4, -0.2) is 53.4 Å². The number of nitrogens with zero attached hydrogens (tertiary/aromatic N) is 2. The van der Waals surface area contributed by atoms with Crippen molar-refractivity contribution in [1.29, 1.82) is 0 Å². The van der Waals surface area contributed by atoms with E-state index in [1.807, 2.05) is 6.07 Å². The Bertz CT molecular complexity index is 779. The zero-order chi connectivity index (χ0) is 20.2. The number of hydrogen-bond acceptors (Lipinski definition) is 4. The Morgan fingerprint density at radius 2 is 1.76 bits per heavy atom. The fourth-order valence-electron chi connectivity index (χ4n) is 4.63. The summed E-state index contributed by atoms with van der Waals surface area (Å²) in [4.78, 5) is 5.01.